The van der Waals surface area contributed by atoms with Gasteiger partial charge in [0.15, 0.2) is 0 Å². The smallest absolute Gasteiger partial charge is 0.242 e. The van der Waals surface area contributed by atoms with Crippen molar-refractivity contribution in [3.63, 3.8) is 0 Å². The van der Waals surface area contributed by atoms with Crippen molar-refractivity contribution in [3.05, 3.63) is 29.0 Å². The molecule has 1 aromatic carbocycles. The van der Waals surface area contributed by atoms with Crippen LogP contribution in [0.5, 0.6) is 0 Å². The molecule has 5 nitrogen and oxygen atoms in total. The normalized spacial score (nSPS) is 17.0. The van der Waals surface area contributed by atoms with Crippen molar-refractivity contribution in [3.8, 4) is 0 Å². The van der Waals surface area contributed by atoms with Gasteiger partial charge in [0.25, 0.3) is 0 Å². The fourth-order valence-corrected chi connectivity index (χ4v) is 3.79. The Morgan fingerprint density at radius 1 is 1.33 bits per heavy atom. The number of hydrogen-bond acceptors (Lipinski definition) is 4. The minimum atomic E-state index is -3.77. The maximum atomic E-state index is 13.1. The Morgan fingerprint density at radius 3 is 2.76 bits per heavy atom. The van der Waals surface area contributed by atoms with Crippen LogP contribution in [0.15, 0.2) is 23.1 Å². The van der Waals surface area contributed by atoms with Crippen LogP contribution in [0.3, 0.4) is 0 Å². The molecular weight excluding hydrogens is 317 g/mol. The predicted molar refractivity (Wildman–Crippen MR) is 80.5 cm³/mol. The highest BCUT2D eigenvalue weighted by Crippen LogP contribution is 2.21. The third-order valence-electron chi connectivity index (χ3n) is 3.34. The first-order valence-electron chi connectivity index (χ1n) is 6.87. The van der Waals surface area contributed by atoms with Crippen molar-refractivity contribution in [2.24, 2.45) is 0 Å². The summed E-state index contributed by atoms with van der Waals surface area (Å²) in [4.78, 5) is 2.06. The Balaban J connectivity index is 1.85. The number of nitrogens with one attached hydrogen (secondary N) is 2. The molecule has 2 rings (SSSR count). The monoisotopic (exact) mass is 335 g/mol. The molecule has 0 bridgehead atoms. The molecule has 8 heteroatoms. The van der Waals surface area contributed by atoms with Crippen molar-refractivity contribution in [1.82, 2.24) is 14.9 Å². The van der Waals surface area contributed by atoms with Crippen LogP contribution in [0.1, 0.15) is 6.42 Å². The van der Waals surface area contributed by atoms with Crippen LogP contribution in [0, 0.1) is 5.82 Å². The largest absolute Gasteiger partial charge is 0.314 e. The number of rotatable bonds is 6. The summed E-state index contributed by atoms with van der Waals surface area (Å²) in [5.41, 5.74) is 0. The molecule has 0 unspecified atom stereocenters. The van der Waals surface area contributed by atoms with E-state index in [2.05, 4.69) is 14.9 Å². The third-order valence-corrected chi connectivity index (χ3v) is 5.28. The fourth-order valence-electron chi connectivity index (χ4n) is 2.20. The Hall–Kier alpha value is -0.730. The summed E-state index contributed by atoms with van der Waals surface area (Å²) in [7, 11) is -3.77. The zero-order valence-electron chi connectivity index (χ0n) is 11.6. The summed E-state index contributed by atoms with van der Waals surface area (Å²) >= 11 is 5.81. The Kier molecular flexibility index (Phi) is 5.95. The lowest BCUT2D eigenvalue weighted by atomic mass is 10.3. The maximum absolute atomic E-state index is 13.1. The first-order valence-corrected chi connectivity index (χ1v) is 8.73. The highest BCUT2D eigenvalue weighted by atomic mass is 35.5. The van der Waals surface area contributed by atoms with E-state index in [1.165, 1.54) is 6.07 Å². The molecule has 1 saturated heterocycles. The average molecular weight is 336 g/mol. The number of halogens is 2. The lowest BCUT2D eigenvalue weighted by Crippen LogP contribution is -2.44. The van der Waals surface area contributed by atoms with E-state index in [0.29, 0.717) is 13.0 Å². The van der Waals surface area contributed by atoms with E-state index in [0.717, 1.165) is 44.9 Å². The van der Waals surface area contributed by atoms with Crippen LogP contribution in [0.4, 0.5) is 4.39 Å². The SMILES string of the molecule is O=S(=O)(NCCCN1CCNCC1)c1cc(F)ccc1Cl. The molecule has 0 spiro atoms. The first-order chi connectivity index (χ1) is 9.99. The van der Waals surface area contributed by atoms with Crippen LogP contribution in [-0.2, 0) is 10.0 Å². The van der Waals surface area contributed by atoms with Crippen LogP contribution >= 0.6 is 11.6 Å². The molecule has 1 heterocycles. The van der Waals surface area contributed by atoms with E-state index < -0.39 is 15.8 Å². The quantitative estimate of drug-likeness (QED) is 0.763. The van der Waals surface area contributed by atoms with Gasteiger partial charge in [0.2, 0.25) is 10.0 Å². The van der Waals surface area contributed by atoms with Gasteiger partial charge in [-0.2, -0.15) is 0 Å². The van der Waals surface area contributed by atoms with E-state index >= 15 is 0 Å². The Labute approximate surface area is 129 Å². The third kappa shape index (κ3) is 4.89. The van der Waals surface area contributed by atoms with Crippen molar-refractivity contribution in [2.45, 2.75) is 11.3 Å². The molecule has 1 aliphatic heterocycles. The van der Waals surface area contributed by atoms with Crippen molar-refractivity contribution < 1.29 is 12.8 Å². The number of piperazine rings is 1. The minimum Gasteiger partial charge on any atom is -0.314 e. The van der Waals surface area contributed by atoms with Crippen molar-refractivity contribution in [2.75, 3.05) is 39.3 Å². The van der Waals surface area contributed by atoms with Gasteiger partial charge in [-0.25, -0.2) is 17.5 Å². The number of benzene rings is 1. The van der Waals surface area contributed by atoms with Gasteiger partial charge in [-0.05, 0) is 31.2 Å². The topological polar surface area (TPSA) is 61.4 Å². The molecule has 0 aliphatic carbocycles. The summed E-state index contributed by atoms with van der Waals surface area (Å²) in [5, 5.41) is 3.28. The molecule has 0 amide bonds. The van der Waals surface area contributed by atoms with Gasteiger partial charge in [-0.15, -0.1) is 0 Å². The summed E-state index contributed by atoms with van der Waals surface area (Å²) in [6.45, 7) is 5.01. The zero-order valence-corrected chi connectivity index (χ0v) is 13.2. The van der Waals surface area contributed by atoms with Gasteiger partial charge in [0.05, 0.1) is 5.02 Å². The number of hydrogen-bond donors (Lipinski definition) is 2. The standard InChI is InChI=1S/C13H19ClFN3O2S/c14-12-3-2-11(15)10-13(12)21(19,20)17-4-1-7-18-8-5-16-6-9-18/h2-3,10,16-17H,1,4-9H2. The van der Waals surface area contributed by atoms with Crippen LogP contribution in [0.25, 0.3) is 0 Å². The van der Waals surface area contributed by atoms with E-state index in [4.69, 9.17) is 11.6 Å². The van der Waals surface area contributed by atoms with E-state index in [1.807, 2.05) is 0 Å². The van der Waals surface area contributed by atoms with Crippen LogP contribution in [0.2, 0.25) is 5.02 Å². The maximum Gasteiger partial charge on any atom is 0.242 e. The molecule has 118 valence electrons. The van der Waals surface area contributed by atoms with Crippen molar-refractivity contribution >= 4 is 21.6 Å². The number of nitrogens with zero attached hydrogens (tertiary/aromatic N) is 1. The van der Waals surface area contributed by atoms with Crippen LogP contribution < -0.4 is 10.0 Å². The Morgan fingerprint density at radius 2 is 2.05 bits per heavy atom. The second kappa shape index (κ2) is 7.51. The van der Waals surface area contributed by atoms with Crippen LogP contribution in [-0.4, -0.2) is 52.6 Å². The number of sulfonamides is 1. The molecule has 1 fully saturated rings. The fraction of sp³-hybridized carbons (Fsp3) is 0.538. The predicted octanol–water partition coefficient (Wildman–Crippen LogP) is 1.05. The van der Waals surface area contributed by atoms with Gasteiger partial charge in [0.1, 0.15) is 10.7 Å². The van der Waals surface area contributed by atoms with E-state index in [1.54, 1.807) is 0 Å². The van der Waals surface area contributed by atoms with Gasteiger partial charge >= 0.3 is 0 Å². The Bertz CT molecular complexity index is 577. The second-order valence-electron chi connectivity index (χ2n) is 4.92. The molecule has 0 atom stereocenters. The lowest BCUT2D eigenvalue weighted by molar-refractivity contribution is 0.239. The molecule has 0 saturated carbocycles. The second-order valence-corrected chi connectivity index (χ2v) is 7.06. The van der Waals surface area contributed by atoms with E-state index in [-0.39, 0.29) is 9.92 Å². The molecule has 1 aromatic rings. The molecule has 21 heavy (non-hydrogen) atoms. The molecule has 2 N–H and O–H groups in total. The lowest BCUT2D eigenvalue weighted by Gasteiger charge is -2.27. The summed E-state index contributed by atoms with van der Waals surface area (Å²) in [6, 6.07) is 3.30. The van der Waals surface area contributed by atoms with Gasteiger partial charge in [-0.1, -0.05) is 11.6 Å². The molecular formula is C13H19ClFN3O2S. The first kappa shape index (κ1) is 16.6. The summed E-state index contributed by atoms with van der Waals surface area (Å²) < 4.78 is 39.7. The molecule has 0 radical (unpaired) electrons. The summed E-state index contributed by atoms with van der Waals surface area (Å²) in [5.74, 6) is -0.624. The minimum absolute atomic E-state index is 0.0194. The highest BCUT2D eigenvalue weighted by Gasteiger charge is 2.18. The van der Waals surface area contributed by atoms with E-state index in [9.17, 15) is 12.8 Å². The summed E-state index contributed by atoms with van der Waals surface area (Å²) in [6.07, 6.45) is 0.701. The molecule has 1 aliphatic rings. The highest BCUT2D eigenvalue weighted by molar-refractivity contribution is 7.89. The zero-order chi connectivity index (χ0) is 15.3. The van der Waals surface area contributed by atoms with Gasteiger partial charge in [-0.3, -0.25) is 0 Å². The van der Waals surface area contributed by atoms with Gasteiger partial charge in [0, 0.05) is 32.7 Å². The molecule has 0 aromatic heterocycles. The van der Waals surface area contributed by atoms with Gasteiger partial charge < -0.3 is 10.2 Å². The average Bonchev–Trinajstić information content (AvgIpc) is 2.47. The van der Waals surface area contributed by atoms with Crippen molar-refractivity contribution in [1.29, 1.82) is 0 Å².